The first-order valence-corrected chi connectivity index (χ1v) is 16.9. The van der Waals surface area contributed by atoms with Gasteiger partial charge in [0.25, 0.3) is 0 Å². The van der Waals surface area contributed by atoms with Gasteiger partial charge in [-0.05, 0) is 42.5 Å². The lowest BCUT2D eigenvalue weighted by molar-refractivity contribution is -0.123. The molecular formula is C31H37NO3S3. The first-order chi connectivity index (χ1) is 18.5. The molecule has 3 aromatic rings. The third-order valence-corrected chi connectivity index (χ3v) is 9.76. The van der Waals surface area contributed by atoms with Gasteiger partial charge in [-0.15, -0.1) is 0 Å². The van der Waals surface area contributed by atoms with Crippen molar-refractivity contribution in [1.82, 2.24) is 5.32 Å². The standard InChI is InChI=1S/C31H37NO3S3/c33-31(32-21-13-2-1-3-14-22-38(34,35)30-19-11-6-12-20-30)29(25-36-23-27-15-7-4-8-16-27)26-37-24-28-17-9-5-10-18-28/h4-12,14-20,22,29H,1-3,13,21,23-26H2,(H,32,33). The smallest absolute Gasteiger partial charge is 0.224 e. The van der Waals surface area contributed by atoms with Gasteiger partial charge in [0.05, 0.1) is 10.8 Å². The van der Waals surface area contributed by atoms with E-state index < -0.39 is 9.84 Å². The summed E-state index contributed by atoms with van der Waals surface area (Å²) in [5.74, 6) is 3.48. The minimum atomic E-state index is -3.37. The van der Waals surface area contributed by atoms with Gasteiger partial charge in [0, 0.05) is 35.0 Å². The van der Waals surface area contributed by atoms with Crippen LogP contribution in [0.15, 0.2) is 107 Å². The van der Waals surface area contributed by atoms with Crippen LogP contribution in [0.1, 0.15) is 36.8 Å². The SMILES string of the molecule is O=C(NCCCCCC=CS(=O)(=O)c1ccccc1)C(CSCc1ccccc1)CSCc1ccccc1. The zero-order chi connectivity index (χ0) is 26.9. The molecule has 4 nitrogen and oxygen atoms in total. The summed E-state index contributed by atoms with van der Waals surface area (Å²) in [6, 6.07) is 29.2. The number of thioether (sulfide) groups is 2. The van der Waals surface area contributed by atoms with Crippen LogP contribution in [0.3, 0.4) is 0 Å². The second-order valence-corrected chi connectivity index (χ2v) is 13.0. The van der Waals surface area contributed by atoms with Gasteiger partial charge < -0.3 is 5.32 Å². The number of unbranched alkanes of at least 4 members (excludes halogenated alkanes) is 3. The van der Waals surface area contributed by atoms with Crippen molar-refractivity contribution in [1.29, 1.82) is 0 Å². The molecule has 0 saturated carbocycles. The second kappa shape index (κ2) is 17.2. The molecule has 3 aromatic carbocycles. The Morgan fingerprint density at radius 3 is 1.82 bits per heavy atom. The molecule has 0 spiro atoms. The quantitative estimate of drug-likeness (QED) is 0.176. The average Bonchev–Trinajstić information content (AvgIpc) is 2.95. The predicted octanol–water partition coefficient (Wildman–Crippen LogP) is 7.13. The van der Waals surface area contributed by atoms with Gasteiger partial charge in [-0.25, -0.2) is 8.42 Å². The van der Waals surface area contributed by atoms with Crippen molar-refractivity contribution in [2.75, 3.05) is 18.1 Å². The fraction of sp³-hybridized carbons (Fsp3) is 0.323. The normalized spacial score (nSPS) is 11.7. The van der Waals surface area contributed by atoms with Gasteiger partial charge in [0.1, 0.15) is 0 Å². The number of allylic oxidation sites excluding steroid dienone is 1. The number of rotatable bonds is 17. The van der Waals surface area contributed by atoms with E-state index in [1.807, 2.05) is 59.9 Å². The molecule has 0 atom stereocenters. The Hall–Kier alpha value is -2.48. The third kappa shape index (κ3) is 11.5. The van der Waals surface area contributed by atoms with E-state index in [0.29, 0.717) is 17.9 Å². The van der Waals surface area contributed by atoms with E-state index in [-0.39, 0.29) is 11.8 Å². The van der Waals surface area contributed by atoms with Crippen LogP contribution in [0.5, 0.6) is 0 Å². The number of carbonyl (C=O) groups is 1. The van der Waals surface area contributed by atoms with Gasteiger partial charge in [-0.1, -0.05) is 91.4 Å². The molecule has 0 saturated heterocycles. The average molecular weight is 568 g/mol. The lowest BCUT2D eigenvalue weighted by Gasteiger charge is -2.16. The van der Waals surface area contributed by atoms with Crippen LogP contribution < -0.4 is 5.32 Å². The third-order valence-electron chi connectivity index (χ3n) is 5.93. The highest BCUT2D eigenvalue weighted by atomic mass is 32.2. The summed E-state index contributed by atoms with van der Waals surface area (Å²) in [6.07, 6.45) is 5.14. The van der Waals surface area contributed by atoms with Gasteiger partial charge in [-0.3, -0.25) is 4.79 Å². The maximum atomic E-state index is 13.0. The molecular weight excluding hydrogens is 531 g/mol. The van der Waals surface area contributed by atoms with Crippen molar-refractivity contribution in [3.8, 4) is 0 Å². The molecule has 202 valence electrons. The summed E-state index contributed by atoms with van der Waals surface area (Å²) in [5.41, 5.74) is 2.55. The van der Waals surface area contributed by atoms with Crippen molar-refractivity contribution in [3.05, 3.63) is 114 Å². The Labute approximate surface area is 236 Å². The maximum absolute atomic E-state index is 13.0. The summed E-state index contributed by atoms with van der Waals surface area (Å²) in [4.78, 5) is 13.3. The lowest BCUT2D eigenvalue weighted by Crippen LogP contribution is -2.34. The van der Waals surface area contributed by atoms with Crippen LogP contribution in [-0.2, 0) is 26.1 Å². The summed E-state index contributed by atoms with van der Waals surface area (Å²) in [7, 11) is -3.37. The first kappa shape index (κ1) is 30.1. The van der Waals surface area contributed by atoms with Gasteiger partial charge in [-0.2, -0.15) is 23.5 Å². The Morgan fingerprint density at radius 2 is 1.26 bits per heavy atom. The van der Waals surface area contributed by atoms with Crippen molar-refractivity contribution >= 4 is 39.3 Å². The van der Waals surface area contributed by atoms with E-state index in [9.17, 15) is 13.2 Å². The second-order valence-electron chi connectivity index (χ2n) is 9.07. The van der Waals surface area contributed by atoms with E-state index >= 15 is 0 Å². The number of amides is 1. The summed E-state index contributed by atoms with van der Waals surface area (Å²) >= 11 is 3.62. The minimum Gasteiger partial charge on any atom is -0.356 e. The van der Waals surface area contributed by atoms with Gasteiger partial charge >= 0.3 is 0 Å². The lowest BCUT2D eigenvalue weighted by atomic mass is 10.1. The Kier molecular flexibility index (Phi) is 13.6. The number of sulfone groups is 1. The maximum Gasteiger partial charge on any atom is 0.224 e. The molecule has 3 rings (SSSR count). The van der Waals surface area contributed by atoms with E-state index in [0.717, 1.165) is 42.3 Å². The first-order valence-electron chi connectivity index (χ1n) is 13.0. The van der Waals surface area contributed by atoms with Gasteiger partial charge in [0.15, 0.2) is 9.84 Å². The highest BCUT2D eigenvalue weighted by Crippen LogP contribution is 2.21. The molecule has 0 bridgehead atoms. The summed E-state index contributed by atoms with van der Waals surface area (Å²) < 4.78 is 24.6. The molecule has 0 aromatic heterocycles. The van der Waals surface area contributed by atoms with Crippen LogP contribution in [0, 0.1) is 5.92 Å². The Bertz CT molecular complexity index is 1160. The Morgan fingerprint density at radius 1 is 0.737 bits per heavy atom. The molecule has 0 fully saturated rings. The van der Waals surface area contributed by atoms with E-state index in [1.165, 1.54) is 16.5 Å². The van der Waals surface area contributed by atoms with E-state index in [4.69, 9.17) is 0 Å². The molecule has 0 unspecified atom stereocenters. The topological polar surface area (TPSA) is 63.2 Å². The van der Waals surface area contributed by atoms with E-state index in [1.54, 1.807) is 36.4 Å². The monoisotopic (exact) mass is 567 g/mol. The number of benzene rings is 3. The molecule has 38 heavy (non-hydrogen) atoms. The number of carbonyl (C=O) groups excluding carboxylic acids is 1. The highest BCUT2D eigenvalue weighted by molar-refractivity contribution is 7.99. The van der Waals surface area contributed by atoms with Crippen LogP contribution in [0.25, 0.3) is 0 Å². The van der Waals surface area contributed by atoms with Crippen molar-refractivity contribution in [2.45, 2.75) is 42.1 Å². The van der Waals surface area contributed by atoms with Crippen LogP contribution >= 0.6 is 23.5 Å². The number of hydrogen-bond donors (Lipinski definition) is 1. The van der Waals surface area contributed by atoms with Crippen molar-refractivity contribution < 1.29 is 13.2 Å². The van der Waals surface area contributed by atoms with Gasteiger partial charge in [0.2, 0.25) is 5.91 Å². The molecule has 1 N–H and O–H groups in total. The number of hydrogen-bond acceptors (Lipinski definition) is 5. The molecule has 0 aliphatic carbocycles. The molecule has 7 heteroatoms. The summed E-state index contributed by atoms with van der Waals surface area (Å²) in [5, 5.41) is 4.44. The fourth-order valence-corrected chi connectivity index (χ4v) is 7.22. The fourth-order valence-electron chi connectivity index (χ4n) is 3.79. The summed E-state index contributed by atoms with van der Waals surface area (Å²) in [6.45, 7) is 0.647. The molecule has 0 aliphatic rings. The minimum absolute atomic E-state index is 0.0384. The molecule has 0 heterocycles. The largest absolute Gasteiger partial charge is 0.356 e. The molecule has 0 radical (unpaired) electrons. The Balaban J connectivity index is 1.36. The van der Waals surface area contributed by atoms with Crippen LogP contribution in [0.4, 0.5) is 0 Å². The zero-order valence-electron chi connectivity index (χ0n) is 21.7. The highest BCUT2D eigenvalue weighted by Gasteiger charge is 2.18. The van der Waals surface area contributed by atoms with Crippen LogP contribution in [0.2, 0.25) is 0 Å². The van der Waals surface area contributed by atoms with E-state index in [2.05, 4.69) is 29.6 Å². The zero-order valence-corrected chi connectivity index (χ0v) is 24.2. The van der Waals surface area contributed by atoms with Crippen molar-refractivity contribution in [3.63, 3.8) is 0 Å². The predicted molar refractivity (Wildman–Crippen MR) is 163 cm³/mol. The molecule has 0 aliphatic heterocycles. The molecule has 1 amide bonds. The van der Waals surface area contributed by atoms with Crippen molar-refractivity contribution in [2.24, 2.45) is 5.92 Å². The number of nitrogens with one attached hydrogen (secondary N) is 1. The van der Waals surface area contributed by atoms with Crippen LogP contribution in [-0.4, -0.2) is 32.4 Å².